The highest BCUT2D eigenvalue weighted by atomic mass is 16.5. The summed E-state index contributed by atoms with van der Waals surface area (Å²) in [5.41, 5.74) is 1.53. The van der Waals surface area contributed by atoms with Gasteiger partial charge in [0.2, 0.25) is 11.8 Å². The van der Waals surface area contributed by atoms with Crippen LogP contribution in [0.3, 0.4) is 0 Å². The number of hydrogen-bond donors (Lipinski definition) is 0. The first-order chi connectivity index (χ1) is 13.8. The van der Waals surface area contributed by atoms with Crippen LogP contribution in [0.4, 0.5) is 5.82 Å². The molecule has 0 unspecified atom stereocenters. The van der Waals surface area contributed by atoms with Gasteiger partial charge < -0.3 is 9.64 Å². The molecule has 1 atom stereocenters. The van der Waals surface area contributed by atoms with Gasteiger partial charge in [0, 0.05) is 54.9 Å². The van der Waals surface area contributed by atoms with Gasteiger partial charge in [-0.2, -0.15) is 0 Å². The van der Waals surface area contributed by atoms with E-state index >= 15 is 0 Å². The second-order valence-electron chi connectivity index (χ2n) is 9.28. The Hall–Kier alpha value is -2.02. The molecule has 3 aliphatic heterocycles. The van der Waals surface area contributed by atoms with E-state index in [1.54, 1.807) is 4.90 Å². The van der Waals surface area contributed by atoms with Crippen LogP contribution in [0, 0.1) is 12.8 Å². The average molecular weight is 401 g/mol. The molecule has 0 spiro atoms. The molecule has 29 heavy (non-hydrogen) atoms. The standard InChI is InChI=1S/C22H32N4O3/c1-14(2)26-18(27)12-17-15(3)23-21(24-19(17)26)22(4)8-5-9-25(13-22)20(28)16-6-10-29-11-7-16/h14,16H,5-13H2,1-4H3/t22-/m1/s1. The summed E-state index contributed by atoms with van der Waals surface area (Å²) in [7, 11) is 0. The number of likely N-dealkylation sites (tertiary alicyclic amines) is 1. The van der Waals surface area contributed by atoms with E-state index in [9.17, 15) is 9.59 Å². The lowest BCUT2D eigenvalue weighted by molar-refractivity contribution is -0.140. The maximum Gasteiger partial charge on any atom is 0.233 e. The van der Waals surface area contributed by atoms with E-state index in [2.05, 4.69) is 6.92 Å². The first-order valence-electron chi connectivity index (χ1n) is 10.9. The zero-order chi connectivity index (χ0) is 20.8. The lowest BCUT2D eigenvalue weighted by atomic mass is 9.80. The van der Waals surface area contributed by atoms with Crippen molar-refractivity contribution in [3.8, 4) is 0 Å². The Morgan fingerprint density at radius 3 is 2.66 bits per heavy atom. The van der Waals surface area contributed by atoms with Crippen LogP contribution < -0.4 is 4.90 Å². The number of piperidine rings is 1. The quantitative estimate of drug-likeness (QED) is 0.779. The maximum atomic E-state index is 13.1. The number of anilines is 1. The minimum Gasteiger partial charge on any atom is -0.381 e. The highest BCUT2D eigenvalue weighted by Crippen LogP contribution is 2.37. The van der Waals surface area contributed by atoms with Crippen LogP contribution in [-0.2, 0) is 26.2 Å². The monoisotopic (exact) mass is 400 g/mol. The fourth-order valence-corrected chi connectivity index (χ4v) is 4.96. The molecule has 0 N–H and O–H groups in total. The Kier molecular flexibility index (Phi) is 5.36. The van der Waals surface area contributed by atoms with Crippen molar-refractivity contribution in [3.63, 3.8) is 0 Å². The second-order valence-corrected chi connectivity index (χ2v) is 9.28. The van der Waals surface area contributed by atoms with Crippen LogP contribution in [0.5, 0.6) is 0 Å². The number of hydrogen-bond acceptors (Lipinski definition) is 5. The van der Waals surface area contributed by atoms with Gasteiger partial charge in [0.15, 0.2) is 0 Å². The third kappa shape index (κ3) is 3.65. The number of aromatic nitrogens is 2. The van der Waals surface area contributed by atoms with E-state index in [1.807, 2.05) is 25.7 Å². The van der Waals surface area contributed by atoms with E-state index in [-0.39, 0.29) is 29.2 Å². The molecule has 4 rings (SSSR count). The summed E-state index contributed by atoms with van der Waals surface area (Å²) in [5.74, 6) is 1.94. The van der Waals surface area contributed by atoms with Crippen molar-refractivity contribution in [2.24, 2.45) is 5.92 Å². The van der Waals surface area contributed by atoms with Gasteiger partial charge in [0.25, 0.3) is 0 Å². The Morgan fingerprint density at radius 1 is 1.24 bits per heavy atom. The van der Waals surface area contributed by atoms with Crippen LogP contribution >= 0.6 is 0 Å². The summed E-state index contributed by atoms with van der Waals surface area (Å²) in [6.07, 6.45) is 3.89. The van der Waals surface area contributed by atoms with Gasteiger partial charge in [-0.15, -0.1) is 0 Å². The van der Waals surface area contributed by atoms with Crippen LogP contribution in [-0.4, -0.2) is 59.0 Å². The third-order valence-corrected chi connectivity index (χ3v) is 6.65. The molecular weight excluding hydrogens is 368 g/mol. The summed E-state index contributed by atoms with van der Waals surface area (Å²) >= 11 is 0. The van der Waals surface area contributed by atoms with E-state index in [0.717, 1.165) is 55.1 Å². The van der Waals surface area contributed by atoms with E-state index in [4.69, 9.17) is 14.7 Å². The minimum absolute atomic E-state index is 0.0664. The molecular formula is C22H32N4O3. The number of carbonyl (C=O) groups is 2. The third-order valence-electron chi connectivity index (χ3n) is 6.65. The molecule has 0 radical (unpaired) electrons. The van der Waals surface area contributed by atoms with Gasteiger partial charge in [-0.1, -0.05) is 6.92 Å². The van der Waals surface area contributed by atoms with Gasteiger partial charge in [-0.3, -0.25) is 14.5 Å². The topological polar surface area (TPSA) is 75.6 Å². The first kappa shape index (κ1) is 20.3. The van der Waals surface area contributed by atoms with Crippen molar-refractivity contribution >= 4 is 17.6 Å². The van der Waals surface area contributed by atoms with Crippen molar-refractivity contribution in [1.82, 2.24) is 14.9 Å². The summed E-state index contributed by atoms with van der Waals surface area (Å²) < 4.78 is 5.42. The maximum absolute atomic E-state index is 13.1. The van der Waals surface area contributed by atoms with Crippen molar-refractivity contribution in [2.75, 3.05) is 31.2 Å². The Bertz CT molecular complexity index is 819. The van der Waals surface area contributed by atoms with E-state index in [0.29, 0.717) is 26.2 Å². The molecule has 0 saturated carbocycles. The number of nitrogens with zero attached hydrogens (tertiary/aromatic N) is 4. The first-order valence-corrected chi connectivity index (χ1v) is 10.9. The minimum atomic E-state index is -0.298. The highest BCUT2D eigenvalue weighted by Gasteiger charge is 2.41. The summed E-state index contributed by atoms with van der Waals surface area (Å²) in [4.78, 5) is 39.1. The molecule has 4 heterocycles. The number of rotatable bonds is 3. The second kappa shape index (κ2) is 7.67. The molecule has 1 aromatic rings. The van der Waals surface area contributed by atoms with Crippen molar-refractivity contribution in [1.29, 1.82) is 0 Å². The molecule has 1 aromatic heterocycles. The smallest absolute Gasteiger partial charge is 0.233 e. The number of amides is 2. The lowest BCUT2D eigenvalue weighted by Crippen LogP contribution is -2.50. The molecule has 7 heteroatoms. The number of ether oxygens (including phenoxy) is 1. The van der Waals surface area contributed by atoms with E-state index in [1.165, 1.54) is 0 Å². The van der Waals surface area contributed by atoms with Crippen LogP contribution in [0.2, 0.25) is 0 Å². The molecule has 0 aliphatic carbocycles. The van der Waals surface area contributed by atoms with Crippen LogP contribution in [0.15, 0.2) is 0 Å². The number of aryl methyl sites for hydroxylation is 1. The van der Waals surface area contributed by atoms with E-state index < -0.39 is 0 Å². The van der Waals surface area contributed by atoms with Crippen molar-refractivity contribution in [2.45, 2.75) is 71.3 Å². The highest BCUT2D eigenvalue weighted by molar-refractivity contribution is 6.00. The molecule has 0 bridgehead atoms. The zero-order valence-corrected chi connectivity index (χ0v) is 18.0. The van der Waals surface area contributed by atoms with Crippen LogP contribution in [0.1, 0.15) is 63.5 Å². The predicted octanol–water partition coefficient (Wildman–Crippen LogP) is 2.39. The average Bonchev–Trinajstić information content (AvgIpc) is 3.05. The Morgan fingerprint density at radius 2 is 1.97 bits per heavy atom. The molecule has 158 valence electrons. The molecule has 2 saturated heterocycles. The zero-order valence-electron chi connectivity index (χ0n) is 18.0. The lowest BCUT2D eigenvalue weighted by Gasteiger charge is -2.41. The SMILES string of the molecule is Cc1nc([C@]2(C)CCCN(C(=O)C3CCOCC3)C2)nc2c1CC(=O)N2C(C)C. The molecule has 7 nitrogen and oxygen atoms in total. The molecule has 3 aliphatic rings. The molecule has 2 fully saturated rings. The Balaban J connectivity index is 1.61. The van der Waals surface area contributed by atoms with Gasteiger partial charge >= 0.3 is 0 Å². The number of carbonyl (C=O) groups excluding carboxylic acids is 2. The van der Waals surface area contributed by atoms with Crippen molar-refractivity contribution < 1.29 is 14.3 Å². The van der Waals surface area contributed by atoms with Gasteiger partial charge in [0.1, 0.15) is 11.6 Å². The Labute approximate surface area is 172 Å². The van der Waals surface area contributed by atoms with Crippen molar-refractivity contribution in [3.05, 3.63) is 17.1 Å². The fraction of sp³-hybridized carbons (Fsp3) is 0.727. The van der Waals surface area contributed by atoms with Crippen LogP contribution in [0.25, 0.3) is 0 Å². The number of fused-ring (bicyclic) bond motifs is 1. The molecule has 0 aromatic carbocycles. The summed E-state index contributed by atoms with van der Waals surface area (Å²) in [5, 5.41) is 0. The predicted molar refractivity (Wildman–Crippen MR) is 110 cm³/mol. The molecule has 2 amide bonds. The fourth-order valence-electron chi connectivity index (χ4n) is 4.96. The van der Waals surface area contributed by atoms with Gasteiger partial charge in [0.05, 0.1) is 6.42 Å². The van der Waals surface area contributed by atoms with Gasteiger partial charge in [-0.05, 0) is 46.5 Å². The largest absolute Gasteiger partial charge is 0.381 e. The summed E-state index contributed by atoms with van der Waals surface area (Å²) in [6.45, 7) is 10.9. The normalized spacial score (nSPS) is 25.6. The van der Waals surface area contributed by atoms with Gasteiger partial charge in [-0.25, -0.2) is 9.97 Å². The summed E-state index contributed by atoms with van der Waals surface area (Å²) in [6, 6.07) is 0.0664.